The minimum absolute atomic E-state index is 0.149. The molecule has 2 amide bonds. The van der Waals surface area contributed by atoms with Crippen LogP contribution in [0.1, 0.15) is 10.6 Å². The van der Waals surface area contributed by atoms with Gasteiger partial charge < -0.3 is 25.5 Å². The second-order valence-electron chi connectivity index (χ2n) is 5.32. The van der Waals surface area contributed by atoms with Gasteiger partial charge in [-0.15, -0.1) is 11.3 Å². The van der Waals surface area contributed by atoms with Crippen LogP contribution in [0, 0.1) is 0 Å². The topological polar surface area (TPSA) is 118 Å². The smallest absolute Gasteiger partial charge is 0.325 e. The third-order valence-corrected chi connectivity index (χ3v) is 4.47. The fraction of sp³-hybridized carbons (Fsp3) is 0.286. The van der Waals surface area contributed by atoms with Crippen LogP contribution in [-0.4, -0.2) is 44.8 Å². The molecule has 0 aliphatic carbocycles. The molecular weight excluding hydrogens is 320 g/mol. The molecule has 23 heavy (non-hydrogen) atoms. The van der Waals surface area contributed by atoms with Crippen molar-refractivity contribution in [1.82, 2.24) is 9.88 Å². The van der Waals surface area contributed by atoms with Gasteiger partial charge in [0, 0.05) is 36.5 Å². The molecule has 1 aliphatic heterocycles. The van der Waals surface area contributed by atoms with E-state index in [-0.39, 0.29) is 5.69 Å². The zero-order valence-corrected chi connectivity index (χ0v) is 13.1. The lowest BCUT2D eigenvalue weighted by molar-refractivity contribution is 0.262. The van der Waals surface area contributed by atoms with Crippen LogP contribution >= 0.6 is 11.3 Å². The van der Waals surface area contributed by atoms with Crippen LogP contribution < -0.4 is 10.6 Å². The van der Waals surface area contributed by atoms with Crippen molar-refractivity contribution < 1.29 is 20.1 Å². The normalized spacial score (nSPS) is 14.3. The largest absolute Gasteiger partial charge is 0.504 e. The van der Waals surface area contributed by atoms with E-state index in [0.717, 1.165) is 42.2 Å². The number of hydrogen-bond acceptors (Lipinski definition) is 7. The van der Waals surface area contributed by atoms with Crippen molar-refractivity contribution in [2.45, 2.75) is 13.0 Å². The number of rotatable bonds is 2. The number of nitrogens with zero attached hydrogens (tertiary/aromatic N) is 2. The third-order valence-electron chi connectivity index (χ3n) is 3.47. The first kappa shape index (κ1) is 15.4. The number of aromatic nitrogens is 1. The number of nitrogens with one attached hydrogen (secondary N) is 2. The summed E-state index contributed by atoms with van der Waals surface area (Å²) in [5.41, 5.74) is 1.15. The minimum Gasteiger partial charge on any atom is -0.504 e. The van der Waals surface area contributed by atoms with E-state index in [0.29, 0.717) is 5.13 Å². The monoisotopic (exact) mass is 336 g/mol. The zero-order chi connectivity index (χ0) is 16.6. The highest BCUT2D eigenvalue weighted by molar-refractivity contribution is 7.15. The number of benzene rings is 1. The first-order chi connectivity index (χ1) is 10.9. The average molecular weight is 336 g/mol. The summed E-state index contributed by atoms with van der Waals surface area (Å²) in [4.78, 5) is 19.7. The Morgan fingerprint density at radius 1 is 1.26 bits per heavy atom. The van der Waals surface area contributed by atoms with Gasteiger partial charge in [0.25, 0.3) is 0 Å². The molecule has 1 aliphatic rings. The predicted octanol–water partition coefficient (Wildman–Crippen LogP) is 1.89. The SMILES string of the molecule is CN1CCc2nc(NC(=O)Nc3cc(O)c(O)c(O)c3)sc2C1. The fourth-order valence-corrected chi connectivity index (χ4v) is 3.40. The second kappa shape index (κ2) is 5.94. The van der Waals surface area contributed by atoms with Crippen molar-refractivity contribution in [2.75, 3.05) is 24.2 Å². The number of anilines is 2. The van der Waals surface area contributed by atoms with Crippen molar-refractivity contribution >= 4 is 28.2 Å². The number of fused-ring (bicyclic) bond motifs is 1. The molecule has 2 aromatic rings. The van der Waals surface area contributed by atoms with E-state index in [1.807, 2.05) is 7.05 Å². The molecule has 0 unspecified atom stereocenters. The molecule has 0 radical (unpaired) electrons. The van der Waals surface area contributed by atoms with Gasteiger partial charge in [0.2, 0.25) is 0 Å². The van der Waals surface area contributed by atoms with Crippen LogP contribution in [0.25, 0.3) is 0 Å². The summed E-state index contributed by atoms with van der Waals surface area (Å²) in [7, 11) is 2.03. The van der Waals surface area contributed by atoms with Crippen LogP contribution in [0.15, 0.2) is 12.1 Å². The standard InChI is InChI=1S/C14H16N4O4S/c1-18-3-2-8-11(6-18)23-14(16-8)17-13(22)15-7-4-9(19)12(21)10(20)5-7/h4-5,19-21H,2-3,6H2,1H3,(H2,15,16,17,22). The van der Waals surface area contributed by atoms with Crippen molar-refractivity contribution in [3.63, 3.8) is 0 Å². The van der Waals surface area contributed by atoms with Crippen molar-refractivity contribution in [3.8, 4) is 17.2 Å². The number of aromatic hydroxyl groups is 3. The van der Waals surface area contributed by atoms with Crippen LogP contribution in [0.5, 0.6) is 17.2 Å². The summed E-state index contributed by atoms with van der Waals surface area (Å²) >= 11 is 1.42. The number of likely N-dealkylation sites (N-methyl/N-ethyl adjacent to an activating group) is 1. The second-order valence-corrected chi connectivity index (χ2v) is 6.40. The minimum atomic E-state index is -0.632. The molecule has 1 aromatic carbocycles. The fourth-order valence-electron chi connectivity index (χ4n) is 2.31. The molecular formula is C14H16N4O4S. The van der Waals surface area contributed by atoms with Gasteiger partial charge in [-0.1, -0.05) is 0 Å². The quantitative estimate of drug-likeness (QED) is 0.422. The van der Waals surface area contributed by atoms with Gasteiger partial charge in [0.15, 0.2) is 22.4 Å². The summed E-state index contributed by atoms with van der Waals surface area (Å²) < 4.78 is 0. The average Bonchev–Trinajstić information content (AvgIpc) is 2.85. The molecule has 8 nitrogen and oxygen atoms in total. The Hall–Kier alpha value is -2.52. The number of amides is 2. The Balaban J connectivity index is 1.68. The Bertz CT molecular complexity index is 738. The molecule has 1 aromatic heterocycles. The Labute approximate surface area is 136 Å². The number of thiazole rings is 1. The Morgan fingerprint density at radius 2 is 1.96 bits per heavy atom. The molecule has 0 saturated heterocycles. The number of carbonyl (C=O) groups is 1. The highest BCUT2D eigenvalue weighted by atomic mass is 32.1. The van der Waals surface area contributed by atoms with Gasteiger partial charge >= 0.3 is 6.03 Å². The maximum Gasteiger partial charge on any atom is 0.325 e. The summed E-state index contributed by atoms with van der Waals surface area (Å²) in [6, 6.07) is 1.72. The van der Waals surface area contributed by atoms with Gasteiger partial charge in [-0.05, 0) is 7.05 Å². The predicted molar refractivity (Wildman–Crippen MR) is 86.2 cm³/mol. The van der Waals surface area contributed by atoms with Crippen LogP contribution in [-0.2, 0) is 13.0 Å². The van der Waals surface area contributed by atoms with E-state index in [9.17, 15) is 20.1 Å². The van der Waals surface area contributed by atoms with E-state index in [4.69, 9.17) is 0 Å². The number of phenols is 3. The molecule has 122 valence electrons. The van der Waals surface area contributed by atoms with Gasteiger partial charge in [0.05, 0.1) is 11.4 Å². The molecule has 0 spiro atoms. The lowest BCUT2D eigenvalue weighted by Crippen LogP contribution is -2.25. The van der Waals surface area contributed by atoms with Crippen molar-refractivity contribution in [1.29, 1.82) is 0 Å². The number of phenolic OH excluding ortho intramolecular Hbond substituents is 3. The van der Waals surface area contributed by atoms with Crippen molar-refractivity contribution in [2.24, 2.45) is 0 Å². The first-order valence-corrected chi connectivity index (χ1v) is 7.74. The number of carbonyl (C=O) groups excluding carboxylic acids is 1. The summed E-state index contributed by atoms with van der Waals surface area (Å²) in [5, 5.41) is 33.7. The summed E-state index contributed by atoms with van der Waals surface area (Å²) in [6.45, 7) is 1.75. The van der Waals surface area contributed by atoms with Gasteiger partial charge in [0.1, 0.15) is 0 Å². The van der Waals surface area contributed by atoms with Gasteiger partial charge in [-0.3, -0.25) is 5.32 Å². The molecule has 5 N–H and O–H groups in total. The van der Waals surface area contributed by atoms with E-state index in [2.05, 4.69) is 20.5 Å². The number of hydrogen-bond donors (Lipinski definition) is 5. The van der Waals surface area contributed by atoms with Crippen LogP contribution in [0.2, 0.25) is 0 Å². The first-order valence-electron chi connectivity index (χ1n) is 6.92. The maximum atomic E-state index is 12.0. The third kappa shape index (κ3) is 3.30. The molecule has 9 heteroatoms. The highest BCUT2D eigenvalue weighted by Crippen LogP contribution is 2.37. The molecule has 0 saturated carbocycles. The van der Waals surface area contributed by atoms with Crippen molar-refractivity contribution in [3.05, 3.63) is 22.7 Å². The maximum absolute atomic E-state index is 12.0. The van der Waals surface area contributed by atoms with Crippen LogP contribution in [0.3, 0.4) is 0 Å². The molecule has 3 rings (SSSR count). The molecule has 0 bridgehead atoms. The lowest BCUT2D eigenvalue weighted by Gasteiger charge is -2.20. The Morgan fingerprint density at radius 3 is 2.65 bits per heavy atom. The number of urea groups is 1. The van der Waals surface area contributed by atoms with Gasteiger partial charge in [-0.2, -0.15) is 0 Å². The highest BCUT2D eigenvalue weighted by Gasteiger charge is 2.19. The van der Waals surface area contributed by atoms with E-state index in [1.54, 1.807) is 0 Å². The Kier molecular flexibility index (Phi) is 3.97. The summed E-state index contributed by atoms with van der Waals surface area (Å²) in [5.74, 6) is -1.67. The zero-order valence-electron chi connectivity index (χ0n) is 12.3. The summed E-state index contributed by atoms with van der Waals surface area (Å²) in [6.07, 6.45) is 0.853. The molecule has 0 fully saturated rings. The molecule has 0 atom stereocenters. The lowest BCUT2D eigenvalue weighted by atomic mass is 10.2. The van der Waals surface area contributed by atoms with E-state index < -0.39 is 23.3 Å². The van der Waals surface area contributed by atoms with Crippen LogP contribution in [0.4, 0.5) is 15.6 Å². The molecule has 2 heterocycles. The van der Waals surface area contributed by atoms with E-state index >= 15 is 0 Å². The van der Waals surface area contributed by atoms with Gasteiger partial charge in [-0.25, -0.2) is 9.78 Å². The van der Waals surface area contributed by atoms with E-state index in [1.165, 1.54) is 11.3 Å².